The van der Waals surface area contributed by atoms with Gasteiger partial charge in [0.2, 0.25) is 5.91 Å². The van der Waals surface area contributed by atoms with Crippen LogP contribution in [0.1, 0.15) is 17.2 Å². The van der Waals surface area contributed by atoms with Crippen LogP contribution < -0.4 is 5.32 Å². The third kappa shape index (κ3) is 4.36. The van der Waals surface area contributed by atoms with Crippen molar-refractivity contribution in [3.8, 4) is 0 Å². The van der Waals surface area contributed by atoms with E-state index < -0.39 is 6.10 Å². The normalized spacial score (nSPS) is 12.6. The molecule has 3 rings (SSSR count). The largest absolute Gasteiger partial charge is 0.387 e. The maximum atomic E-state index is 12.0. The lowest BCUT2D eigenvalue weighted by atomic mass is 10.1. The van der Waals surface area contributed by atoms with Gasteiger partial charge in [-0.25, -0.2) is 0 Å². The monoisotopic (exact) mass is 366 g/mol. The number of hydrogen-bond acceptors (Lipinski definition) is 3. The molecule has 4 nitrogen and oxygen atoms in total. The molecule has 0 radical (unpaired) electrons. The number of aromatic nitrogens is 1. The summed E-state index contributed by atoms with van der Waals surface area (Å²) in [5.41, 5.74) is 2.87. The maximum Gasteiger partial charge on any atom is 0.244 e. The van der Waals surface area contributed by atoms with Gasteiger partial charge in [0.25, 0.3) is 0 Å². The summed E-state index contributed by atoms with van der Waals surface area (Å²) >= 11 is 1.68. The first kappa shape index (κ1) is 18.3. The number of carbonyl (C=O) groups is 1. The molecule has 1 heterocycles. The topological polar surface area (TPSA) is 54.3 Å². The van der Waals surface area contributed by atoms with E-state index in [0.29, 0.717) is 0 Å². The van der Waals surface area contributed by atoms with Crippen LogP contribution in [0.4, 0.5) is 0 Å². The quantitative estimate of drug-likeness (QED) is 0.516. The van der Waals surface area contributed by atoms with Crippen LogP contribution >= 0.6 is 11.8 Å². The Morgan fingerprint density at radius 3 is 2.73 bits per heavy atom. The summed E-state index contributed by atoms with van der Waals surface area (Å²) < 4.78 is 2.03. The van der Waals surface area contributed by atoms with Crippen LogP contribution in [0.15, 0.2) is 65.7 Å². The van der Waals surface area contributed by atoms with Gasteiger partial charge in [0.15, 0.2) is 0 Å². The Balaban J connectivity index is 1.56. The molecule has 0 spiro atoms. The fourth-order valence-corrected chi connectivity index (χ4v) is 3.18. The SMILES string of the molecule is CSc1ccc(/C=C/C(=O)NCC(O)c2ccc3c(ccn3C)c2)cc1. The predicted molar refractivity (Wildman–Crippen MR) is 108 cm³/mol. The lowest BCUT2D eigenvalue weighted by Gasteiger charge is -2.12. The molecule has 0 bridgehead atoms. The Morgan fingerprint density at radius 1 is 1.23 bits per heavy atom. The smallest absolute Gasteiger partial charge is 0.244 e. The van der Waals surface area contributed by atoms with E-state index in [-0.39, 0.29) is 12.5 Å². The van der Waals surface area contributed by atoms with Gasteiger partial charge in [0, 0.05) is 36.3 Å². The van der Waals surface area contributed by atoms with Gasteiger partial charge in [-0.2, -0.15) is 0 Å². The van der Waals surface area contributed by atoms with Crippen molar-refractivity contribution in [3.05, 3.63) is 71.9 Å². The fraction of sp³-hybridized carbons (Fsp3) is 0.190. The van der Waals surface area contributed by atoms with Crippen LogP contribution in [0.5, 0.6) is 0 Å². The van der Waals surface area contributed by atoms with Gasteiger partial charge in [0.05, 0.1) is 6.10 Å². The summed E-state index contributed by atoms with van der Waals surface area (Å²) in [6, 6.07) is 15.8. The summed E-state index contributed by atoms with van der Waals surface area (Å²) in [6.45, 7) is 0.174. The van der Waals surface area contributed by atoms with E-state index in [4.69, 9.17) is 0 Å². The Morgan fingerprint density at radius 2 is 2.00 bits per heavy atom. The van der Waals surface area contributed by atoms with E-state index in [2.05, 4.69) is 5.32 Å². The van der Waals surface area contributed by atoms with Crippen LogP contribution in [0.25, 0.3) is 17.0 Å². The van der Waals surface area contributed by atoms with Crippen LogP contribution in [-0.2, 0) is 11.8 Å². The van der Waals surface area contributed by atoms with Gasteiger partial charge >= 0.3 is 0 Å². The number of thioether (sulfide) groups is 1. The Labute approximate surface area is 157 Å². The lowest BCUT2D eigenvalue weighted by Crippen LogP contribution is -2.26. The van der Waals surface area contributed by atoms with E-state index in [0.717, 1.165) is 22.0 Å². The van der Waals surface area contributed by atoms with Gasteiger partial charge < -0.3 is 15.0 Å². The lowest BCUT2D eigenvalue weighted by molar-refractivity contribution is -0.116. The van der Waals surface area contributed by atoms with Crippen molar-refractivity contribution >= 4 is 34.6 Å². The highest BCUT2D eigenvalue weighted by Gasteiger charge is 2.10. The Bertz CT molecular complexity index is 929. The summed E-state index contributed by atoms with van der Waals surface area (Å²) in [6.07, 6.45) is 6.53. The minimum Gasteiger partial charge on any atom is -0.387 e. The number of aliphatic hydroxyl groups excluding tert-OH is 1. The number of nitrogens with one attached hydrogen (secondary N) is 1. The fourth-order valence-electron chi connectivity index (χ4n) is 2.77. The molecule has 1 aromatic heterocycles. The van der Waals surface area contributed by atoms with E-state index in [9.17, 15) is 9.90 Å². The highest BCUT2D eigenvalue weighted by molar-refractivity contribution is 7.98. The Hall–Kier alpha value is -2.50. The van der Waals surface area contributed by atoms with Crippen LogP contribution in [0.2, 0.25) is 0 Å². The van der Waals surface area contributed by atoms with Crippen LogP contribution in [-0.4, -0.2) is 28.4 Å². The summed E-state index contributed by atoms with van der Waals surface area (Å²) in [4.78, 5) is 13.2. The zero-order chi connectivity index (χ0) is 18.5. The van der Waals surface area contributed by atoms with Crippen molar-refractivity contribution in [1.82, 2.24) is 9.88 Å². The molecule has 0 fully saturated rings. The number of nitrogens with zero attached hydrogens (tertiary/aromatic N) is 1. The number of fused-ring (bicyclic) bond motifs is 1. The van der Waals surface area contributed by atoms with Crippen molar-refractivity contribution in [3.63, 3.8) is 0 Å². The van der Waals surface area contributed by atoms with E-state index in [1.807, 2.05) is 72.6 Å². The second-order valence-electron chi connectivity index (χ2n) is 6.11. The zero-order valence-corrected chi connectivity index (χ0v) is 15.7. The van der Waals surface area contributed by atoms with E-state index in [1.165, 1.54) is 11.0 Å². The first-order chi connectivity index (χ1) is 12.6. The molecule has 1 amide bonds. The molecule has 26 heavy (non-hydrogen) atoms. The van der Waals surface area contributed by atoms with Crippen molar-refractivity contribution in [1.29, 1.82) is 0 Å². The highest BCUT2D eigenvalue weighted by Crippen LogP contribution is 2.21. The molecule has 3 aromatic rings. The summed E-state index contributed by atoms with van der Waals surface area (Å²) in [7, 11) is 1.99. The van der Waals surface area contributed by atoms with Gasteiger partial charge in [-0.1, -0.05) is 18.2 Å². The molecule has 0 saturated heterocycles. The second-order valence-corrected chi connectivity index (χ2v) is 6.99. The number of aryl methyl sites for hydroxylation is 1. The van der Waals surface area contributed by atoms with Gasteiger partial charge in [0.1, 0.15) is 0 Å². The Kier molecular flexibility index (Phi) is 5.81. The minimum absolute atomic E-state index is 0.174. The molecule has 1 unspecified atom stereocenters. The van der Waals surface area contributed by atoms with Gasteiger partial charge in [-0.3, -0.25) is 4.79 Å². The molecular formula is C21H22N2O2S. The molecule has 0 saturated carbocycles. The van der Waals surface area contributed by atoms with Gasteiger partial charge in [-0.05, 0) is 59.2 Å². The number of hydrogen-bond donors (Lipinski definition) is 2. The van der Waals surface area contributed by atoms with Crippen molar-refractivity contribution in [2.24, 2.45) is 7.05 Å². The van der Waals surface area contributed by atoms with Crippen molar-refractivity contribution in [2.75, 3.05) is 12.8 Å². The predicted octanol–water partition coefficient (Wildman–Crippen LogP) is 3.76. The summed E-state index contributed by atoms with van der Waals surface area (Å²) in [5.74, 6) is -0.223. The molecule has 1 atom stereocenters. The summed E-state index contributed by atoms with van der Waals surface area (Å²) in [5, 5.41) is 14.1. The van der Waals surface area contributed by atoms with Crippen LogP contribution in [0, 0.1) is 0 Å². The molecule has 0 aliphatic rings. The number of amides is 1. The maximum absolute atomic E-state index is 12.0. The molecular weight excluding hydrogens is 344 g/mol. The standard InChI is InChI=1S/C21H22N2O2S/c1-23-12-11-16-13-17(6-9-19(16)23)20(24)14-22-21(25)10-5-15-3-7-18(26-2)8-4-15/h3-13,20,24H,14H2,1-2H3,(H,22,25)/b10-5+. The van der Waals surface area contributed by atoms with Crippen molar-refractivity contribution < 1.29 is 9.90 Å². The van der Waals surface area contributed by atoms with Gasteiger partial charge in [-0.15, -0.1) is 11.8 Å². The number of benzene rings is 2. The van der Waals surface area contributed by atoms with Crippen molar-refractivity contribution in [2.45, 2.75) is 11.0 Å². The minimum atomic E-state index is -0.738. The first-order valence-corrected chi connectivity index (χ1v) is 9.62. The third-order valence-corrected chi connectivity index (χ3v) is 5.05. The molecule has 5 heteroatoms. The molecule has 0 aliphatic carbocycles. The highest BCUT2D eigenvalue weighted by atomic mass is 32.2. The van der Waals surface area contributed by atoms with Crippen LogP contribution in [0.3, 0.4) is 0 Å². The average Bonchev–Trinajstić information content (AvgIpc) is 3.05. The van der Waals surface area contributed by atoms with E-state index >= 15 is 0 Å². The number of rotatable bonds is 6. The zero-order valence-electron chi connectivity index (χ0n) is 14.8. The second kappa shape index (κ2) is 8.25. The molecule has 0 aliphatic heterocycles. The molecule has 2 aromatic carbocycles. The number of aliphatic hydroxyl groups is 1. The third-order valence-electron chi connectivity index (χ3n) is 4.31. The molecule has 2 N–H and O–H groups in total. The first-order valence-electron chi connectivity index (χ1n) is 8.40. The van der Waals surface area contributed by atoms with E-state index in [1.54, 1.807) is 17.8 Å². The average molecular weight is 366 g/mol. The number of carbonyl (C=O) groups excluding carboxylic acids is 1. The molecule has 134 valence electrons.